The Balaban J connectivity index is 1.14. The van der Waals surface area contributed by atoms with Crippen LogP contribution in [0.1, 0.15) is 0 Å². The highest BCUT2D eigenvalue weighted by Gasteiger charge is 2.23. The van der Waals surface area contributed by atoms with Crippen molar-refractivity contribution in [3.8, 4) is 45.3 Å². The predicted octanol–water partition coefficient (Wildman–Crippen LogP) is 13.4. The first-order chi connectivity index (χ1) is 27.3. The number of benzene rings is 8. The van der Waals surface area contributed by atoms with Crippen molar-refractivity contribution in [2.75, 3.05) is 0 Å². The van der Waals surface area contributed by atoms with Crippen LogP contribution in [0.25, 0.3) is 122 Å². The summed E-state index contributed by atoms with van der Waals surface area (Å²) in [7, 11) is 0. The summed E-state index contributed by atoms with van der Waals surface area (Å²) in [6, 6.07) is 55.6. The second kappa shape index (κ2) is 11.5. The van der Waals surface area contributed by atoms with Gasteiger partial charge in [0.25, 0.3) is 0 Å². The quantitative estimate of drug-likeness (QED) is 0.181. The molecule has 4 aromatic heterocycles. The molecule has 0 aliphatic heterocycles. The highest BCUT2D eigenvalue weighted by molar-refractivity contribution is 6.24. The van der Waals surface area contributed by atoms with E-state index < -0.39 is 0 Å². The average molecular weight is 706 g/mol. The van der Waals surface area contributed by atoms with Gasteiger partial charge in [0.1, 0.15) is 33.5 Å². The number of furan rings is 3. The number of nitrogens with zero attached hydrogens (tertiary/aromatic N) is 3. The summed E-state index contributed by atoms with van der Waals surface area (Å²) < 4.78 is 19.7. The molecule has 8 aromatic carbocycles. The predicted molar refractivity (Wildman–Crippen MR) is 221 cm³/mol. The number of para-hydroxylation sites is 2. The molecule has 0 saturated carbocycles. The van der Waals surface area contributed by atoms with E-state index in [-0.39, 0.29) is 0 Å². The zero-order chi connectivity index (χ0) is 36.0. The lowest BCUT2D eigenvalue weighted by atomic mass is 9.93. The topological polar surface area (TPSA) is 78.1 Å². The zero-order valence-electron chi connectivity index (χ0n) is 29.2. The Hall–Kier alpha value is -7.57. The van der Waals surface area contributed by atoms with Crippen LogP contribution < -0.4 is 0 Å². The minimum absolute atomic E-state index is 0.528. The van der Waals surface area contributed by atoms with Gasteiger partial charge in [0.05, 0.1) is 5.56 Å². The lowest BCUT2D eigenvalue weighted by molar-refractivity contribution is 0.668. The third-order valence-electron chi connectivity index (χ3n) is 10.8. The molecule has 0 saturated heterocycles. The van der Waals surface area contributed by atoms with Crippen LogP contribution >= 0.6 is 0 Å². The summed E-state index contributed by atoms with van der Waals surface area (Å²) in [5.41, 5.74) is 9.43. The molecular formula is C49H27N3O3. The number of aromatic nitrogens is 3. The standard InChI is InChI=1S/C49H27N3O3/c1-2-13-29(14-3-1)47-50-48(52-49(51-47)37-21-8-19-34-31-16-6-7-22-38(31)54-46(34)37)36-20-11-25-41-44(36)43-33(18-10-24-40(43)53-41)32-17-9-23-39-42(32)35-27-26-28-12-4-5-15-30(28)45(35)55-39/h1-27H. The normalized spacial score (nSPS) is 12.0. The van der Waals surface area contributed by atoms with Gasteiger partial charge < -0.3 is 13.3 Å². The van der Waals surface area contributed by atoms with Crippen LogP contribution in [0.15, 0.2) is 177 Å². The van der Waals surface area contributed by atoms with Crippen molar-refractivity contribution in [1.82, 2.24) is 15.0 Å². The number of fused-ring (bicyclic) bond motifs is 11. The molecule has 12 aromatic rings. The fourth-order valence-electron chi connectivity index (χ4n) is 8.31. The third kappa shape index (κ3) is 4.46. The Kier molecular flexibility index (Phi) is 6.24. The van der Waals surface area contributed by atoms with Gasteiger partial charge in [-0.15, -0.1) is 0 Å². The molecular weight excluding hydrogens is 679 g/mol. The smallest absolute Gasteiger partial charge is 0.167 e. The number of hydrogen-bond acceptors (Lipinski definition) is 6. The first-order valence-corrected chi connectivity index (χ1v) is 18.3. The van der Waals surface area contributed by atoms with Crippen LogP contribution in [0.2, 0.25) is 0 Å². The van der Waals surface area contributed by atoms with Crippen LogP contribution in [-0.4, -0.2) is 15.0 Å². The van der Waals surface area contributed by atoms with Gasteiger partial charge in [-0.25, -0.2) is 15.0 Å². The maximum absolute atomic E-state index is 6.63. The van der Waals surface area contributed by atoms with E-state index in [0.29, 0.717) is 17.5 Å². The second-order valence-electron chi connectivity index (χ2n) is 13.9. The molecule has 0 atom stereocenters. The molecule has 6 nitrogen and oxygen atoms in total. The number of rotatable bonds is 4. The van der Waals surface area contributed by atoms with Gasteiger partial charge in [-0.1, -0.05) is 127 Å². The van der Waals surface area contributed by atoms with Crippen LogP contribution in [-0.2, 0) is 0 Å². The molecule has 0 amide bonds. The van der Waals surface area contributed by atoms with Crippen LogP contribution in [0.4, 0.5) is 0 Å². The molecule has 0 aliphatic carbocycles. The van der Waals surface area contributed by atoms with Gasteiger partial charge in [-0.2, -0.15) is 0 Å². The monoisotopic (exact) mass is 705 g/mol. The Morgan fingerprint density at radius 1 is 0.291 bits per heavy atom. The summed E-state index contributed by atoms with van der Waals surface area (Å²) in [6.07, 6.45) is 0. The molecule has 0 unspecified atom stereocenters. The molecule has 12 rings (SSSR count). The van der Waals surface area contributed by atoms with Gasteiger partial charge in [0.15, 0.2) is 17.5 Å². The van der Waals surface area contributed by atoms with Crippen molar-refractivity contribution in [2.24, 2.45) is 0 Å². The van der Waals surface area contributed by atoms with Crippen LogP contribution in [0, 0.1) is 0 Å². The highest BCUT2D eigenvalue weighted by atomic mass is 16.3. The van der Waals surface area contributed by atoms with E-state index in [4.69, 9.17) is 28.2 Å². The van der Waals surface area contributed by atoms with Gasteiger partial charge >= 0.3 is 0 Å². The first-order valence-electron chi connectivity index (χ1n) is 18.3. The van der Waals surface area contributed by atoms with E-state index in [1.54, 1.807) is 0 Å². The maximum atomic E-state index is 6.63. The van der Waals surface area contributed by atoms with E-state index in [1.807, 2.05) is 84.9 Å². The van der Waals surface area contributed by atoms with E-state index in [0.717, 1.165) is 104 Å². The summed E-state index contributed by atoms with van der Waals surface area (Å²) in [6.45, 7) is 0. The first kappa shape index (κ1) is 29.9. The zero-order valence-corrected chi connectivity index (χ0v) is 29.2. The van der Waals surface area contributed by atoms with Crippen molar-refractivity contribution in [3.63, 3.8) is 0 Å². The molecule has 0 spiro atoms. The van der Waals surface area contributed by atoms with Crippen LogP contribution in [0.5, 0.6) is 0 Å². The Morgan fingerprint density at radius 2 is 0.836 bits per heavy atom. The van der Waals surface area contributed by atoms with Crippen molar-refractivity contribution < 1.29 is 13.3 Å². The average Bonchev–Trinajstić information content (AvgIpc) is 3.95. The SMILES string of the molecule is c1ccc(-c2nc(-c3cccc4c3oc3ccccc34)nc(-c3cccc4oc5cccc(-c6cccc7oc8c9ccccc9ccc8c67)c5c34)n2)cc1. The fourth-order valence-corrected chi connectivity index (χ4v) is 8.31. The Bertz CT molecular complexity index is 3500. The fraction of sp³-hybridized carbons (Fsp3) is 0. The van der Waals surface area contributed by atoms with E-state index in [2.05, 4.69) is 78.9 Å². The Morgan fingerprint density at radius 3 is 1.65 bits per heavy atom. The lowest BCUT2D eigenvalue weighted by Crippen LogP contribution is -2.00. The lowest BCUT2D eigenvalue weighted by Gasteiger charge is -2.10. The molecule has 0 aliphatic rings. The molecule has 0 radical (unpaired) electrons. The Labute approximate surface area is 312 Å². The largest absolute Gasteiger partial charge is 0.456 e. The molecule has 0 fully saturated rings. The molecule has 6 heteroatoms. The summed E-state index contributed by atoms with van der Waals surface area (Å²) in [5, 5.41) is 8.35. The van der Waals surface area contributed by atoms with Crippen LogP contribution in [0.3, 0.4) is 0 Å². The van der Waals surface area contributed by atoms with Gasteiger partial charge in [0, 0.05) is 48.8 Å². The minimum atomic E-state index is 0.528. The van der Waals surface area contributed by atoms with Gasteiger partial charge in [-0.3, -0.25) is 0 Å². The van der Waals surface area contributed by atoms with Crippen molar-refractivity contribution in [1.29, 1.82) is 0 Å². The maximum Gasteiger partial charge on any atom is 0.167 e. The van der Waals surface area contributed by atoms with E-state index in [1.165, 1.54) is 0 Å². The molecule has 0 bridgehead atoms. The molecule has 256 valence electrons. The summed E-state index contributed by atoms with van der Waals surface area (Å²) in [5.74, 6) is 1.64. The highest BCUT2D eigenvalue weighted by Crippen LogP contribution is 2.46. The number of hydrogen-bond donors (Lipinski definition) is 0. The van der Waals surface area contributed by atoms with E-state index >= 15 is 0 Å². The van der Waals surface area contributed by atoms with Crippen molar-refractivity contribution in [3.05, 3.63) is 164 Å². The third-order valence-corrected chi connectivity index (χ3v) is 10.8. The van der Waals surface area contributed by atoms with Crippen molar-refractivity contribution >= 4 is 76.6 Å². The molecule has 0 N–H and O–H groups in total. The summed E-state index contributed by atoms with van der Waals surface area (Å²) in [4.78, 5) is 15.5. The van der Waals surface area contributed by atoms with Gasteiger partial charge in [0.2, 0.25) is 0 Å². The second-order valence-corrected chi connectivity index (χ2v) is 13.9. The molecule has 55 heavy (non-hydrogen) atoms. The molecule has 4 heterocycles. The summed E-state index contributed by atoms with van der Waals surface area (Å²) >= 11 is 0. The van der Waals surface area contributed by atoms with E-state index in [9.17, 15) is 0 Å². The minimum Gasteiger partial charge on any atom is -0.456 e. The van der Waals surface area contributed by atoms with Gasteiger partial charge in [-0.05, 0) is 52.9 Å². The van der Waals surface area contributed by atoms with Crippen molar-refractivity contribution in [2.45, 2.75) is 0 Å².